The van der Waals surface area contributed by atoms with Gasteiger partial charge in [0.1, 0.15) is 0 Å². The molecule has 13 rings (SSSR count). The second-order valence-corrected chi connectivity index (χ2v) is 16.8. The number of para-hydroxylation sites is 5. The molecular weight excluding hydrogens is 789 g/mol. The zero-order valence-corrected chi connectivity index (χ0v) is 35.4. The van der Waals surface area contributed by atoms with Crippen LogP contribution in [0.15, 0.2) is 231 Å². The lowest BCUT2D eigenvalue weighted by Crippen LogP contribution is -1.97. The molecule has 0 spiro atoms. The minimum atomic E-state index is 0.899. The Morgan fingerprint density at radius 2 is 0.646 bits per heavy atom. The van der Waals surface area contributed by atoms with E-state index in [1.165, 1.54) is 54.4 Å². The van der Waals surface area contributed by atoms with Crippen LogP contribution in [0.4, 0.5) is 0 Å². The Hall–Kier alpha value is -8.73. The molecule has 4 nitrogen and oxygen atoms in total. The molecule has 4 aromatic heterocycles. The van der Waals surface area contributed by atoms with Crippen molar-refractivity contribution in [2.45, 2.75) is 0 Å². The van der Waals surface area contributed by atoms with Gasteiger partial charge >= 0.3 is 0 Å². The molecule has 65 heavy (non-hydrogen) atoms. The molecule has 0 fully saturated rings. The first-order chi connectivity index (χ1) is 32.2. The highest BCUT2D eigenvalue weighted by Crippen LogP contribution is 2.39. The number of aromatic nitrogens is 4. The third-order valence-electron chi connectivity index (χ3n) is 13.2. The van der Waals surface area contributed by atoms with E-state index in [1.54, 1.807) is 0 Å². The first-order valence-electron chi connectivity index (χ1n) is 22.2. The topological polar surface area (TPSA) is 27.7 Å². The minimum Gasteiger partial charge on any atom is -0.309 e. The predicted octanol–water partition coefficient (Wildman–Crippen LogP) is 16.0. The van der Waals surface area contributed by atoms with E-state index in [1.807, 2.05) is 6.08 Å². The van der Waals surface area contributed by atoms with Gasteiger partial charge in [-0.05, 0) is 102 Å². The van der Waals surface area contributed by atoms with Gasteiger partial charge in [-0.25, -0.2) is 4.98 Å². The van der Waals surface area contributed by atoms with E-state index in [2.05, 4.69) is 245 Å². The summed E-state index contributed by atoms with van der Waals surface area (Å²) in [5, 5.41) is 7.40. The van der Waals surface area contributed by atoms with E-state index in [0.29, 0.717) is 0 Å². The van der Waals surface area contributed by atoms with Crippen molar-refractivity contribution in [3.8, 4) is 50.7 Å². The summed E-state index contributed by atoms with van der Waals surface area (Å²) >= 11 is 0. The molecule has 4 heteroatoms. The Bertz CT molecular complexity index is 3760. The van der Waals surface area contributed by atoms with Gasteiger partial charge in [0, 0.05) is 60.5 Å². The van der Waals surface area contributed by atoms with E-state index >= 15 is 0 Å². The summed E-state index contributed by atoms with van der Waals surface area (Å²) < 4.78 is 7.14. The fourth-order valence-corrected chi connectivity index (χ4v) is 10.2. The summed E-state index contributed by atoms with van der Waals surface area (Å²) in [6.07, 6.45) is 1.92. The molecule has 0 atom stereocenters. The van der Waals surface area contributed by atoms with Gasteiger partial charge in [0.15, 0.2) is 0 Å². The van der Waals surface area contributed by atoms with E-state index in [0.717, 1.165) is 67.3 Å². The van der Waals surface area contributed by atoms with Crippen LogP contribution in [0.2, 0.25) is 0 Å². The molecule has 0 N–H and O–H groups in total. The maximum atomic E-state index is 5.54. The second kappa shape index (κ2) is 14.7. The molecule has 0 aliphatic carbocycles. The Balaban J connectivity index is 1.02. The maximum absolute atomic E-state index is 5.54. The van der Waals surface area contributed by atoms with Crippen molar-refractivity contribution in [1.29, 1.82) is 0 Å². The lowest BCUT2D eigenvalue weighted by atomic mass is 9.99. The molecule has 0 bridgehead atoms. The van der Waals surface area contributed by atoms with Gasteiger partial charge in [0.05, 0.1) is 44.5 Å². The van der Waals surface area contributed by atoms with Crippen LogP contribution < -0.4 is 0 Å². The van der Waals surface area contributed by atoms with Crippen molar-refractivity contribution in [3.63, 3.8) is 0 Å². The van der Waals surface area contributed by atoms with Crippen LogP contribution in [-0.2, 0) is 0 Å². The predicted molar refractivity (Wildman–Crippen MR) is 274 cm³/mol. The van der Waals surface area contributed by atoms with Crippen molar-refractivity contribution in [2.24, 2.45) is 0 Å². The smallest absolute Gasteiger partial charge is 0.0716 e. The van der Waals surface area contributed by atoms with Crippen molar-refractivity contribution < 1.29 is 0 Å². The molecule has 304 valence electrons. The quantitative estimate of drug-likeness (QED) is 0.157. The molecule has 0 saturated heterocycles. The zero-order chi connectivity index (χ0) is 43.0. The third kappa shape index (κ3) is 5.88. The number of hydrogen-bond donors (Lipinski definition) is 0. The number of benzene rings is 9. The molecule has 0 amide bonds. The highest BCUT2D eigenvalue weighted by molar-refractivity contribution is 6.11. The fraction of sp³-hybridized carbons (Fsp3) is 0. The molecular formula is C61H40N4. The number of hydrogen-bond acceptors (Lipinski definition) is 1. The van der Waals surface area contributed by atoms with Gasteiger partial charge in [0.25, 0.3) is 0 Å². The van der Waals surface area contributed by atoms with Crippen molar-refractivity contribution >= 4 is 71.5 Å². The van der Waals surface area contributed by atoms with Gasteiger partial charge in [-0.1, -0.05) is 152 Å². The Labute approximate surface area is 375 Å². The fourth-order valence-electron chi connectivity index (χ4n) is 10.2. The van der Waals surface area contributed by atoms with E-state index in [-0.39, 0.29) is 0 Å². The number of rotatable bonds is 7. The molecule has 0 radical (unpaired) electrons. The summed E-state index contributed by atoms with van der Waals surface area (Å²) in [5.41, 5.74) is 17.5. The molecule has 0 aliphatic rings. The first kappa shape index (κ1) is 36.9. The van der Waals surface area contributed by atoms with Crippen LogP contribution in [0.25, 0.3) is 122 Å². The van der Waals surface area contributed by atoms with Crippen molar-refractivity contribution in [1.82, 2.24) is 18.7 Å². The number of pyridine rings is 1. The van der Waals surface area contributed by atoms with Crippen LogP contribution >= 0.6 is 0 Å². The van der Waals surface area contributed by atoms with E-state index in [9.17, 15) is 0 Å². The third-order valence-corrected chi connectivity index (χ3v) is 13.2. The zero-order valence-electron chi connectivity index (χ0n) is 35.4. The summed E-state index contributed by atoms with van der Waals surface area (Å²) in [4.78, 5) is 5.54. The minimum absolute atomic E-state index is 0.899. The van der Waals surface area contributed by atoms with Crippen LogP contribution in [0.3, 0.4) is 0 Å². The molecule has 13 aromatic rings. The molecule has 9 aromatic carbocycles. The van der Waals surface area contributed by atoms with Crippen LogP contribution in [0, 0.1) is 0 Å². The van der Waals surface area contributed by atoms with Crippen LogP contribution in [0.5, 0.6) is 0 Å². The highest BCUT2D eigenvalue weighted by Gasteiger charge is 2.18. The summed E-state index contributed by atoms with van der Waals surface area (Å²) in [5.74, 6) is 0. The highest BCUT2D eigenvalue weighted by atomic mass is 15.0. The number of nitrogens with zero attached hydrogens (tertiary/aromatic N) is 4. The number of fused-ring (bicyclic) bond motifs is 9. The maximum Gasteiger partial charge on any atom is 0.0716 e. The first-order valence-corrected chi connectivity index (χ1v) is 22.2. The van der Waals surface area contributed by atoms with Gasteiger partial charge in [-0.2, -0.15) is 0 Å². The lowest BCUT2D eigenvalue weighted by Gasteiger charge is -2.15. The van der Waals surface area contributed by atoms with Gasteiger partial charge in [0.2, 0.25) is 0 Å². The van der Waals surface area contributed by atoms with Gasteiger partial charge in [-0.3, -0.25) is 0 Å². The molecule has 0 aliphatic heterocycles. The molecule has 0 saturated carbocycles. The molecule has 0 unspecified atom stereocenters. The van der Waals surface area contributed by atoms with Crippen LogP contribution in [-0.4, -0.2) is 18.7 Å². The lowest BCUT2D eigenvalue weighted by molar-refractivity contribution is 1.17. The monoisotopic (exact) mass is 828 g/mol. The summed E-state index contributed by atoms with van der Waals surface area (Å²) in [7, 11) is 0. The van der Waals surface area contributed by atoms with Crippen molar-refractivity contribution in [2.75, 3.05) is 0 Å². The molecule has 4 heterocycles. The van der Waals surface area contributed by atoms with Gasteiger partial charge < -0.3 is 13.7 Å². The Kier molecular flexibility index (Phi) is 8.33. The Morgan fingerprint density at radius 1 is 0.292 bits per heavy atom. The average molecular weight is 829 g/mol. The Morgan fingerprint density at radius 3 is 1.06 bits per heavy atom. The van der Waals surface area contributed by atoms with Crippen molar-refractivity contribution in [3.05, 3.63) is 237 Å². The standard InChI is InChI=1S/C61H40N4/c1-2-40-32-33-53-52-26-7-12-31-60(52)65(61(53)34-40)47-21-15-18-43(37-47)55-39-44(41-16-13-19-45(35-41)63-56-27-8-3-22-48(56)49-23-4-9-28-57(49)63)38-54(62-55)42-17-14-20-46(36-42)64-58-29-10-5-24-50(58)51-25-6-11-30-59(51)64/h2-39H,1H2. The van der Waals surface area contributed by atoms with Gasteiger partial charge in [-0.15, -0.1) is 0 Å². The van der Waals surface area contributed by atoms with E-state index < -0.39 is 0 Å². The largest absolute Gasteiger partial charge is 0.309 e. The van der Waals surface area contributed by atoms with Crippen LogP contribution in [0.1, 0.15) is 5.56 Å². The average Bonchev–Trinajstić information content (AvgIpc) is 4.02. The second-order valence-electron chi connectivity index (χ2n) is 16.8. The normalized spacial score (nSPS) is 11.8. The SMILES string of the molecule is C=Cc1ccc2c3ccccc3n(-c3cccc(-c4cc(-c5cccc(-n6c7ccccc7c7ccccc76)c5)cc(-c5cccc(-n6c7ccccc7c7ccccc76)c5)n4)c3)c2c1. The summed E-state index contributed by atoms with van der Waals surface area (Å²) in [6.45, 7) is 4.09. The van der Waals surface area contributed by atoms with E-state index in [4.69, 9.17) is 4.98 Å². The summed E-state index contributed by atoms with van der Waals surface area (Å²) in [6, 6.07) is 81.1.